The fourth-order valence-electron chi connectivity index (χ4n) is 2.53. The summed E-state index contributed by atoms with van der Waals surface area (Å²) in [6, 6.07) is 0. The van der Waals surface area contributed by atoms with Crippen LogP contribution in [0.5, 0.6) is 0 Å². The largest absolute Gasteiger partial charge is 0.412 e. The lowest BCUT2D eigenvalue weighted by molar-refractivity contribution is 0.255. The smallest absolute Gasteiger partial charge is 0.0967 e. The van der Waals surface area contributed by atoms with Gasteiger partial charge in [0.15, 0.2) is 0 Å². The second kappa shape index (κ2) is 5.29. The Morgan fingerprint density at radius 3 is 2.82 bits per heavy atom. The number of hydrogen-bond acceptors (Lipinski definition) is 3. The number of aryl methyl sites for hydroxylation is 1. The summed E-state index contributed by atoms with van der Waals surface area (Å²) in [6.07, 6.45) is 9.42. The summed E-state index contributed by atoms with van der Waals surface area (Å²) in [7, 11) is 2.21. The van der Waals surface area contributed by atoms with Crippen molar-refractivity contribution in [2.75, 3.05) is 20.1 Å². The molecule has 1 fully saturated rings. The zero-order valence-electron chi connectivity index (χ0n) is 10.3. The van der Waals surface area contributed by atoms with E-state index in [0.717, 1.165) is 5.92 Å². The molecule has 0 amide bonds. The van der Waals surface area contributed by atoms with Crippen LogP contribution in [0.3, 0.4) is 0 Å². The normalized spacial score (nSPS) is 21.0. The van der Waals surface area contributed by atoms with Crippen molar-refractivity contribution in [3.8, 4) is 0 Å². The van der Waals surface area contributed by atoms with Crippen molar-refractivity contribution in [1.29, 1.82) is 0 Å². The van der Waals surface area contributed by atoms with Crippen molar-refractivity contribution < 1.29 is 5.48 Å². The highest BCUT2D eigenvalue weighted by molar-refractivity contribution is 7.11. The summed E-state index contributed by atoms with van der Waals surface area (Å²) in [6.45, 7) is 2.45. The molecule has 3 rings (SSSR count). The summed E-state index contributed by atoms with van der Waals surface area (Å²) >= 11 is 1.96. The zero-order valence-corrected chi connectivity index (χ0v) is 11.1. The summed E-state index contributed by atoms with van der Waals surface area (Å²) < 4.78 is 0. The van der Waals surface area contributed by atoms with Gasteiger partial charge in [-0.15, -0.1) is 11.3 Å². The van der Waals surface area contributed by atoms with Crippen LogP contribution in [0.1, 0.15) is 40.8 Å². The molecule has 1 aliphatic carbocycles. The number of fused-ring (bicyclic) bond motifs is 1. The predicted octanol–water partition coefficient (Wildman–Crippen LogP) is 2.09. The predicted molar refractivity (Wildman–Crippen MR) is 72.6 cm³/mol. The minimum Gasteiger partial charge on any atom is -0.412 e. The first-order valence-electron chi connectivity index (χ1n) is 6.17. The molecule has 1 aromatic heterocycles. The minimum atomic E-state index is 0. The Hall–Kier alpha value is -0.710. The van der Waals surface area contributed by atoms with E-state index < -0.39 is 0 Å². The molecule has 0 saturated carbocycles. The van der Waals surface area contributed by atoms with E-state index in [-0.39, 0.29) is 5.48 Å². The zero-order chi connectivity index (χ0) is 11.0. The number of piperidine rings is 1. The SMILES string of the molecule is CN1CCC(c2nc3c(s2)CCC=C3)CC1.O. The molecule has 1 aliphatic heterocycles. The van der Waals surface area contributed by atoms with Gasteiger partial charge in [0.25, 0.3) is 0 Å². The third-order valence-electron chi connectivity index (χ3n) is 3.63. The number of hydrogen-bond donors (Lipinski definition) is 0. The molecular formula is C13H20N2OS. The highest BCUT2D eigenvalue weighted by Crippen LogP contribution is 2.34. The number of allylic oxidation sites excluding steroid dienone is 1. The molecule has 0 radical (unpaired) electrons. The van der Waals surface area contributed by atoms with Gasteiger partial charge in [0.05, 0.1) is 10.7 Å². The molecule has 4 heteroatoms. The van der Waals surface area contributed by atoms with Crippen molar-refractivity contribution in [3.05, 3.63) is 21.7 Å². The van der Waals surface area contributed by atoms with Gasteiger partial charge in [0, 0.05) is 10.8 Å². The second-order valence-corrected chi connectivity index (χ2v) is 5.99. The minimum absolute atomic E-state index is 0. The summed E-state index contributed by atoms with van der Waals surface area (Å²) in [4.78, 5) is 8.74. The molecule has 0 unspecified atom stereocenters. The van der Waals surface area contributed by atoms with Crippen molar-refractivity contribution in [1.82, 2.24) is 9.88 Å². The van der Waals surface area contributed by atoms with Crippen LogP contribution < -0.4 is 0 Å². The Bertz CT molecular complexity index is 406. The van der Waals surface area contributed by atoms with Crippen molar-refractivity contribution in [2.45, 2.75) is 31.6 Å². The van der Waals surface area contributed by atoms with Crippen LogP contribution in [0.25, 0.3) is 6.08 Å². The van der Waals surface area contributed by atoms with Crippen LogP contribution in [0, 0.1) is 0 Å². The molecule has 1 saturated heterocycles. The molecule has 3 nitrogen and oxygen atoms in total. The standard InChI is InChI=1S/C13H18N2S.H2O/c1-15-8-6-10(7-9-15)13-14-11-4-2-3-5-12(11)16-13;/h2,4,10H,3,5-9H2,1H3;1H2. The molecule has 1 aromatic rings. The highest BCUT2D eigenvalue weighted by atomic mass is 32.1. The van der Waals surface area contributed by atoms with E-state index in [9.17, 15) is 0 Å². The molecule has 2 N–H and O–H groups in total. The van der Waals surface area contributed by atoms with Gasteiger partial charge in [-0.25, -0.2) is 4.98 Å². The molecule has 0 bridgehead atoms. The lowest BCUT2D eigenvalue weighted by Gasteiger charge is -2.27. The lowest BCUT2D eigenvalue weighted by Crippen LogP contribution is -2.29. The first-order chi connectivity index (χ1) is 7.83. The van der Waals surface area contributed by atoms with Crippen LogP contribution in [0.15, 0.2) is 6.08 Å². The monoisotopic (exact) mass is 252 g/mol. The van der Waals surface area contributed by atoms with Crippen LogP contribution >= 0.6 is 11.3 Å². The molecule has 17 heavy (non-hydrogen) atoms. The number of likely N-dealkylation sites (tertiary alicyclic amines) is 1. The Balaban J connectivity index is 0.00000108. The second-order valence-electron chi connectivity index (χ2n) is 4.88. The van der Waals surface area contributed by atoms with Gasteiger partial charge < -0.3 is 10.4 Å². The number of rotatable bonds is 1. The number of nitrogens with zero attached hydrogens (tertiary/aromatic N) is 2. The van der Waals surface area contributed by atoms with E-state index >= 15 is 0 Å². The maximum absolute atomic E-state index is 4.81. The third-order valence-corrected chi connectivity index (χ3v) is 4.92. The fraction of sp³-hybridized carbons (Fsp3) is 0.615. The Morgan fingerprint density at radius 1 is 1.35 bits per heavy atom. The van der Waals surface area contributed by atoms with Crippen molar-refractivity contribution in [3.63, 3.8) is 0 Å². The van der Waals surface area contributed by atoms with E-state index in [1.807, 2.05) is 11.3 Å². The van der Waals surface area contributed by atoms with Crippen LogP contribution in [-0.2, 0) is 6.42 Å². The van der Waals surface area contributed by atoms with Gasteiger partial charge in [0.1, 0.15) is 0 Å². The summed E-state index contributed by atoms with van der Waals surface area (Å²) in [5.74, 6) is 0.722. The van der Waals surface area contributed by atoms with E-state index in [2.05, 4.69) is 24.1 Å². The average Bonchev–Trinajstić information content (AvgIpc) is 2.73. The summed E-state index contributed by atoms with van der Waals surface area (Å²) in [5, 5.41) is 1.39. The number of aromatic nitrogens is 1. The molecule has 2 heterocycles. The highest BCUT2D eigenvalue weighted by Gasteiger charge is 2.22. The van der Waals surface area contributed by atoms with E-state index in [1.54, 1.807) is 0 Å². The Kier molecular flexibility index (Phi) is 3.97. The maximum Gasteiger partial charge on any atom is 0.0967 e. The Labute approximate surface area is 106 Å². The third kappa shape index (κ3) is 2.59. The van der Waals surface area contributed by atoms with Gasteiger partial charge in [-0.05, 0) is 51.9 Å². The van der Waals surface area contributed by atoms with Gasteiger partial charge >= 0.3 is 0 Å². The fourth-order valence-corrected chi connectivity index (χ4v) is 3.77. The van der Waals surface area contributed by atoms with Crippen molar-refractivity contribution >= 4 is 17.4 Å². The molecule has 94 valence electrons. The van der Waals surface area contributed by atoms with Crippen LogP contribution in [0.4, 0.5) is 0 Å². The van der Waals surface area contributed by atoms with Crippen LogP contribution in [-0.4, -0.2) is 35.5 Å². The van der Waals surface area contributed by atoms with Crippen LogP contribution in [0.2, 0.25) is 0 Å². The summed E-state index contributed by atoms with van der Waals surface area (Å²) in [5.41, 5.74) is 1.25. The van der Waals surface area contributed by atoms with Gasteiger partial charge in [-0.2, -0.15) is 0 Å². The van der Waals surface area contributed by atoms with E-state index in [0.29, 0.717) is 0 Å². The average molecular weight is 252 g/mol. The quantitative estimate of drug-likeness (QED) is 0.768. The van der Waals surface area contributed by atoms with Gasteiger partial charge in [-0.3, -0.25) is 0 Å². The first-order valence-corrected chi connectivity index (χ1v) is 6.99. The maximum atomic E-state index is 4.81. The molecule has 0 aromatic carbocycles. The molecule has 2 aliphatic rings. The molecule has 0 atom stereocenters. The van der Waals surface area contributed by atoms with Gasteiger partial charge in [-0.1, -0.05) is 6.08 Å². The van der Waals surface area contributed by atoms with E-state index in [1.165, 1.54) is 54.4 Å². The molecule has 0 spiro atoms. The lowest BCUT2D eigenvalue weighted by atomic mass is 9.98. The molecular weight excluding hydrogens is 232 g/mol. The van der Waals surface area contributed by atoms with Crippen molar-refractivity contribution in [2.24, 2.45) is 0 Å². The first kappa shape index (κ1) is 12.7. The van der Waals surface area contributed by atoms with Gasteiger partial charge in [0.2, 0.25) is 0 Å². The van der Waals surface area contributed by atoms with E-state index in [4.69, 9.17) is 4.98 Å². The number of thiazole rings is 1. The topological polar surface area (TPSA) is 47.6 Å². The Morgan fingerprint density at radius 2 is 2.12 bits per heavy atom.